The second kappa shape index (κ2) is 20.6. The highest BCUT2D eigenvalue weighted by Crippen LogP contribution is 2.30. The summed E-state index contributed by atoms with van der Waals surface area (Å²) in [6, 6.07) is 7.83. The van der Waals surface area contributed by atoms with Gasteiger partial charge in [-0.3, -0.25) is 0 Å². The van der Waals surface area contributed by atoms with Crippen molar-refractivity contribution in [2.24, 2.45) is 0 Å². The molecule has 1 unspecified atom stereocenters. The highest BCUT2D eigenvalue weighted by atomic mass is 16.6. The maximum Gasteiger partial charge on any atom is 0.161 e. The van der Waals surface area contributed by atoms with Crippen molar-refractivity contribution in [3.63, 3.8) is 0 Å². The number of fused-ring (bicyclic) bond motifs is 1. The van der Waals surface area contributed by atoms with Crippen molar-refractivity contribution < 1.29 is 23.4 Å². The Morgan fingerprint density at radius 3 is 1.62 bits per heavy atom. The Balaban J connectivity index is 1.21. The third-order valence-electron chi connectivity index (χ3n) is 7.07. The van der Waals surface area contributed by atoms with E-state index in [0.717, 1.165) is 42.2 Å². The van der Waals surface area contributed by atoms with Crippen LogP contribution in [0.1, 0.15) is 103 Å². The monoisotopic (exact) mass is 520 g/mol. The minimum Gasteiger partial charge on any atom is -0.486 e. The van der Waals surface area contributed by atoms with Gasteiger partial charge in [0.15, 0.2) is 17.6 Å². The van der Waals surface area contributed by atoms with Gasteiger partial charge in [-0.1, -0.05) is 82.8 Å². The molecular formula is C32H58NO4+. The minimum absolute atomic E-state index is 0.00153. The maximum atomic E-state index is 5.93. The van der Waals surface area contributed by atoms with Gasteiger partial charge in [-0.25, -0.2) is 0 Å². The second-order valence-corrected chi connectivity index (χ2v) is 11.9. The summed E-state index contributed by atoms with van der Waals surface area (Å²) in [6.45, 7) is 5.20. The maximum absolute atomic E-state index is 5.93. The summed E-state index contributed by atoms with van der Waals surface area (Å²) >= 11 is 0. The van der Waals surface area contributed by atoms with Crippen LogP contribution in [0.15, 0.2) is 24.3 Å². The highest BCUT2D eigenvalue weighted by molar-refractivity contribution is 5.40. The van der Waals surface area contributed by atoms with Gasteiger partial charge in [0.05, 0.1) is 34.3 Å². The largest absolute Gasteiger partial charge is 0.486 e. The van der Waals surface area contributed by atoms with Crippen molar-refractivity contribution in [1.82, 2.24) is 0 Å². The first-order valence-corrected chi connectivity index (χ1v) is 15.4. The second-order valence-electron chi connectivity index (χ2n) is 11.9. The Labute approximate surface area is 228 Å². The van der Waals surface area contributed by atoms with Crippen LogP contribution < -0.4 is 9.47 Å². The molecule has 1 atom stereocenters. The fourth-order valence-electron chi connectivity index (χ4n) is 4.78. The molecule has 0 bridgehead atoms. The van der Waals surface area contributed by atoms with E-state index < -0.39 is 0 Å². The van der Waals surface area contributed by atoms with E-state index in [2.05, 4.69) is 21.1 Å². The van der Waals surface area contributed by atoms with Crippen LogP contribution in [0.4, 0.5) is 0 Å². The fraction of sp³-hybridized carbons (Fsp3) is 0.812. The summed E-state index contributed by atoms with van der Waals surface area (Å²) < 4.78 is 24.4. The molecule has 2 rings (SSSR count). The summed E-state index contributed by atoms with van der Waals surface area (Å²) in [5.74, 6) is 1.66. The lowest BCUT2D eigenvalue weighted by Crippen LogP contribution is -2.35. The number of hydrogen-bond acceptors (Lipinski definition) is 4. The lowest BCUT2D eigenvalue weighted by atomic mass is 10.1. The van der Waals surface area contributed by atoms with Crippen molar-refractivity contribution in [2.45, 2.75) is 109 Å². The zero-order valence-electron chi connectivity index (χ0n) is 24.5. The molecule has 214 valence electrons. The molecule has 0 saturated heterocycles. The van der Waals surface area contributed by atoms with Gasteiger partial charge < -0.3 is 23.4 Å². The van der Waals surface area contributed by atoms with Crippen molar-refractivity contribution >= 4 is 0 Å². The van der Waals surface area contributed by atoms with E-state index in [1.807, 2.05) is 24.3 Å². The van der Waals surface area contributed by atoms with E-state index in [-0.39, 0.29) is 6.10 Å². The molecule has 1 aromatic rings. The molecule has 0 N–H and O–H groups in total. The lowest BCUT2D eigenvalue weighted by Gasteiger charge is -2.26. The Kier molecular flexibility index (Phi) is 17.8. The molecule has 1 aliphatic rings. The quantitative estimate of drug-likeness (QED) is 0.103. The molecule has 0 saturated carbocycles. The molecule has 1 aliphatic heterocycles. The van der Waals surface area contributed by atoms with Crippen LogP contribution in [0.2, 0.25) is 0 Å². The van der Waals surface area contributed by atoms with Crippen molar-refractivity contribution in [2.75, 3.05) is 60.7 Å². The van der Waals surface area contributed by atoms with Crippen molar-refractivity contribution in [3.8, 4) is 11.5 Å². The van der Waals surface area contributed by atoms with E-state index in [9.17, 15) is 0 Å². The first-order chi connectivity index (χ1) is 18.0. The molecule has 1 aromatic carbocycles. The fourth-order valence-corrected chi connectivity index (χ4v) is 4.78. The van der Waals surface area contributed by atoms with Crippen LogP contribution in [0, 0.1) is 0 Å². The van der Waals surface area contributed by atoms with Crippen LogP contribution in [0.5, 0.6) is 11.5 Å². The van der Waals surface area contributed by atoms with Gasteiger partial charge in [0.2, 0.25) is 0 Å². The molecule has 5 heteroatoms. The first-order valence-electron chi connectivity index (χ1n) is 15.4. The van der Waals surface area contributed by atoms with E-state index in [4.69, 9.17) is 18.9 Å². The molecule has 1 heterocycles. The van der Waals surface area contributed by atoms with E-state index in [1.54, 1.807) is 0 Å². The van der Waals surface area contributed by atoms with E-state index in [0.29, 0.717) is 13.2 Å². The molecular weight excluding hydrogens is 462 g/mol. The molecule has 5 nitrogen and oxygen atoms in total. The third-order valence-corrected chi connectivity index (χ3v) is 7.07. The first kappa shape index (κ1) is 31.9. The van der Waals surface area contributed by atoms with Crippen LogP contribution in [-0.2, 0) is 9.47 Å². The third kappa shape index (κ3) is 17.8. The number of para-hydroxylation sites is 2. The number of rotatable bonds is 24. The zero-order chi connectivity index (χ0) is 26.4. The van der Waals surface area contributed by atoms with E-state index in [1.165, 1.54) is 103 Å². The van der Waals surface area contributed by atoms with Gasteiger partial charge in [-0.2, -0.15) is 0 Å². The molecule has 0 fully saturated rings. The lowest BCUT2D eigenvalue weighted by molar-refractivity contribution is -0.870. The van der Waals surface area contributed by atoms with Crippen LogP contribution in [-0.4, -0.2) is 71.3 Å². The van der Waals surface area contributed by atoms with Crippen LogP contribution in [0.3, 0.4) is 0 Å². The van der Waals surface area contributed by atoms with Gasteiger partial charge in [-0.15, -0.1) is 0 Å². The Morgan fingerprint density at radius 1 is 0.622 bits per heavy atom. The van der Waals surface area contributed by atoms with Crippen LogP contribution in [0.25, 0.3) is 0 Å². The van der Waals surface area contributed by atoms with Gasteiger partial charge in [0.1, 0.15) is 6.61 Å². The number of ether oxygens (including phenoxy) is 4. The van der Waals surface area contributed by atoms with E-state index >= 15 is 0 Å². The normalized spacial score (nSPS) is 15.3. The van der Waals surface area contributed by atoms with Gasteiger partial charge >= 0.3 is 0 Å². The molecule has 0 aliphatic carbocycles. The summed E-state index contributed by atoms with van der Waals surface area (Å²) in [5, 5.41) is 0. The average Bonchev–Trinajstić information content (AvgIpc) is 2.88. The number of benzene rings is 1. The minimum atomic E-state index is 0.00153. The molecule has 0 amide bonds. The Hall–Kier alpha value is -1.30. The molecule has 0 radical (unpaired) electrons. The summed E-state index contributed by atoms with van der Waals surface area (Å²) in [6.07, 6.45) is 21.2. The topological polar surface area (TPSA) is 36.9 Å². The van der Waals surface area contributed by atoms with Gasteiger partial charge in [-0.05, 0) is 44.2 Å². The van der Waals surface area contributed by atoms with Crippen LogP contribution >= 0.6 is 0 Å². The predicted molar refractivity (Wildman–Crippen MR) is 155 cm³/mol. The highest BCUT2D eigenvalue weighted by Gasteiger charge is 2.20. The zero-order valence-corrected chi connectivity index (χ0v) is 24.5. The van der Waals surface area contributed by atoms with Crippen molar-refractivity contribution in [3.05, 3.63) is 24.3 Å². The molecule has 0 spiro atoms. The van der Waals surface area contributed by atoms with Gasteiger partial charge in [0.25, 0.3) is 0 Å². The molecule has 37 heavy (non-hydrogen) atoms. The summed E-state index contributed by atoms with van der Waals surface area (Å²) in [4.78, 5) is 0. The smallest absolute Gasteiger partial charge is 0.161 e. The number of hydrogen-bond donors (Lipinski definition) is 0. The number of quaternary nitrogens is 1. The summed E-state index contributed by atoms with van der Waals surface area (Å²) in [7, 11) is 6.86. The summed E-state index contributed by atoms with van der Waals surface area (Å²) in [5.41, 5.74) is 0. The standard InChI is InChI=1S/C32H58NO4/c1-33(2,3)24-18-12-8-4-5-9-13-19-25-34-26-20-14-10-6-7-11-15-21-27-35-28-30-29-36-31-22-16-17-23-32(31)37-30/h16-17,22-23,30H,4-15,18-21,24-29H2,1-3H3/q+1. The number of unbranched alkanes of at least 4 members (excludes halogenated alkanes) is 14. The van der Waals surface area contributed by atoms with Crippen molar-refractivity contribution in [1.29, 1.82) is 0 Å². The SMILES string of the molecule is C[N+](C)(C)CCCCCCCCCCOCCCCCCCCCCOCC1COc2ccccc2O1. The Bertz CT molecular complexity index is 660. The Morgan fingerprint density at radius 2 is 1.08 bits per heavy atom. The van der Waals surface area contributed by atoms with Gasteiger partial charge in [0, 0.05) is 19.8 Å². The predicted octanol–water partition coefficient (Wildman–Crippen LogP) is 7.81. The molecule has 0 aromatic heterocycles. The number of nitrogens with zero attached hydrogens (tertiary/aromatic N) is 1. The average molecular weight is 521 g/mol.